The number of aliphatic hydroxyl groups is 1. The third-order valence-corrected chi connectivity index (χ3v) is 7.54. The maximum Gasteiger partial charge on any atom is 0.329 e. The summed E-state index contributed by atoms with van der Waals surface area (Å²) in [6.07, 6.45) is 11.5. The van der Waals surface area contributed by atoms with Gasteiger partial charge in [0.15, 0.2) is 0 Å². The van der Waals surface area contributed by atoms with Crippen molar-refractivity contribution in [1.82, 2.24) is 14.0 Å². The summed E-state index contributed by atoms with van der Waals surface area (Å²) >= 11 is 0. The number of aliphatic hydroxyl groups excluding tert-OH is 1. The minimum Gasteiger partial charge on any atom is -0.396 e. The zero-order chi connectivity index (χ0) is 20.9. The highest BCUT2D eigenvalue weighted by Crippen LogP contribution is 2.33. The van der Waals surface area contributed by atoms with Crippen LogP contribution in [0, 0.1) is 11.8 Å². The minimum absolute atomic E-state index is 0.111. The van der Waals surface area contributed by atoms with Crippen molar-refractivity contribution < 1.29 is 5.11 Å². The Balaban J connectivity index is 1.54. The van der Waals surface area contributed by atoms with Crippen molar-refractivity contribution in [3.63, 3.8) is 0 Å². The van der Waals surface area contributed by atoms with Gasteiger partial charge in [0, 0.05) is 38.8 Å². The molecule has 5 nitrogen and oxygen atoms in total. The van der Waals surface area contributed by atoms with Gasteiger partial charge in [0.2, 0.25) is 0 Å². The van der Waals surface area contributed by atoms with Crippen molar-refractivity contribution in [2.24, 2.45) is 11.8 Å². The quantitative estimate of drug-likeness (QED) is 0.762. The van der Waals surface area contributed by atoms with Crippen LogP contribution in [0.3, 0.4) is 0 Å². The van der Waals surface area contributed by atoms with E-state index < -0.39 is 0 Å². The van der Waals surface area contributed by atoms with Gasteiger partial charge >= 0.3 is 5.69 Å². The highest BCUT2D eigenvalue weighted by molar-refractivity contribution is 5.76. The molecule has 1 aliphatic heterocycles. The van der Waals surface area contributed by atoms with Crippen LogP contribution in [0.4, 0.5) is 0 Å². The first-order valence-electron chi connectivity index (χ1n) is 12.3. The Hall–Kier alpha value is -1.59. The van der Waals surface area contributed by atoms with E-state index in [0.717, 1.165) is 42.9 Å². The van der Waals surface area contributed by atoms with Crippen molar-refractivity contribution in [3.8, 4) is 0 Å². The first-order valence-corrected chi connectivity index (χ1v) is 12.3. The van der Waals surface area contributed by atoms with E-state index in [4.69, 9.17) is 0 Å². The van der Waals surface area contributed by atoms with Crippen molar-refractivity contribution in [3.05, 3.63) is 34.7 Å². The lowest BCUT2D eigenvalue weighted by Crippen LogP contribution is -2.45. The van der Waals surface area contributed by atoms with E-state index in [2.05, 4.69) is 17.0 Å². The summed E-state index contributed by atoms with van der Waals surface area (Å²) in [5.74, 6) is 1.15. The molecule has 1 aromatic heterocycles. The Morgan fingerprint density at radius 2 is 1.70 bits per heavy atom. The molecule has 0 amide bonds. The number of benzene rings is 1. The molecule has 1 saturated carbocycles. The molecule has 0 spiro atoms. The lowest BCUT2D eigenvalue weighted by Gasteiger charge is -2.40. The van der Waals surface area contributed by atoms with Gasteiger partial charge in [-0.05, 0) is 56.6 Å². The highest BCUT2D eigenvalue weighted by Gasteiger charge is 2.33. The Morgan fingerprint density at radius 1 is 1.00 bits per heavy atom. The lowest BCUT2D eigenvalue weighted by atomic mass is 9.86. The molecule has 4 rings (SSSR count). The average molecular weight is 414 g/mol. The topological polar surface area (TPSA) is 50.4 Å². The Morgan fingerprint density at radius 3 is 2.40 bits per heavy atom. The molecular weight excluding hydrogens is 374 g/mol. The van der Waals surface area contributed by atoms with Crippen LogP contribution in [0.2, 0.25) is 0 Å². The molecule has 1 aromatic carbocycles. The molecule has 1 saturated heterocycles. The normalized spacial score (nSPS) is 24.7. The van der Waals surface area contributed by atoms with Crippen LogP contribution in [0.1, 0.15) is 70.8 Å². The number of imidazole rings is 1. The maximum atomic E-state index is 13.3. The van der Waals surface area contributed by atoms with Crippen molar-refractivity contribution >= 4 is 11.0 Å². The fourth-order valence-corrected chi connectivity index (χ4v) is 6.00. The fourth-order valence-electron chi connectivity index (χ4n) is 6.00. The number of rotatable bonds is 6. The molecule has 2 atom stereocenters. The fraction of sp³-hybridized carbons (Fsp3) is 0.720. The molecule has 30 heavy (non-hydrogen) atoms. The van der Waals surface area contributed by atoms with Gasteiger partial charge in [0.25, 0.3) is 0 Å². The third-order valence-electron chi connectivity index (χ3n) is 7.54. The van der Waals surface area contributed by atoms with Gasteiger partial charge in [-0.3, -0.25) is 9.13 Å². The summed E-state index contributed by atoms with van der Waals surface area (Å²) in [5.41, 5.74) is 2.19. The molecule has 2 aromatic rings. The second-order valence-corrected chi connectivity index (χ2v) is 9.48. The van der Waals surface area contributed by atoms with Crippen LogP contribution in [0.5, 0.6) is 0 Å². The molecule has 1 aliphatic carbocycles. The van der Waals surface area contributed by atoms with Gasteiger partial charge in [-0.1, -0.05) is 44.2 Å². The van der Waals surface area contributed by atoms with Crippen LogP contribution in [0.15, 0.2) is 29.1 Å². The van der Waals surface area contributed by atoms with Gasteiger partial charge in [0.1, 0.15) is 0 Å². The second kappa shape index (κ2) is 10.1. The molecule has 166 valence electrons. The maximum absolute atomic E-state index is 13.3. The molecule has 2 fully saturated rings. The van der Waals surface area contributed by atoms with E-state index in [9.17, 15) is 9.90 Å². The summed E-state index contributed by atoms with van der Waals surface area (Å²) < 4.78 is 3.94. The van der Waals surface area contributed by atoms with Gasteiger partial charge in [0.05, 0.1) is 11.0 Å². The van der Waals surface area contributed by atoms with Crippen molar-refractivity contribution in [2.75, 3.05) is 26.2 Å². The third kappa shape index (κ3) is 4.52. The predicted octanol–water partition coefficient (Wildman–Crippen LogP) is 4.43. The number of piperidine rings is 1. The monoisotopic (exact) mass is 413 g/mol. The minimum atomic E-state index is 0.111. The van der Waals surface area contributed by atoms with Gasteiger partial charge in [-0.2, -0.15) is 0 Å². The predicted molar refractivity (Wildman–Crippen MR) is 123 cm³/mol. The molecule has 5 heteroatoms. The zero-order valence-corrected chi connectivity index (χ0v) is 18.6. The number of nitrogens with zero attached hydrogens (tertiary/aromatic N) is 3. The van der Waals surface area contributed by atoms with E-state index >= 15 is 0 Å². The zero-order valence-electron chi connectivity index (χ0n) is 18.6. The SMILES string of the molecule is CCn1c(=O)n(C2CCN(CC3CCCCCCC3)CC2CCO)c2ccccc21. The first-order chi connectivity index (χ1) is 14.7. The van der Waals surface area contributed by atoms with Crippen molar-refractivity contribution in [2.45, 2.75) is 77.3 Å². The van der Waals surface area contributed by atoms with E-state index in [1.54, 1.807) is 0 Å². The molecule has 2 aliphatic rings. The van der Waals surface area contributed by atoms with Gasteiger partial charge < -0.3 is 10.0 Å². The van der Waals surface area contributed by atoms with Gasteiger partial charge in [-0.15, -0.1) is 0 Å². The van der Waals surface area contributed by atoms with Crippen LogP contribution >= 0.6 is 0 Å². The van der Waals surface area contributed by atoms with E-state index in [1.165, 1.54) is 51.5 Å². The first kappa shape index (κ1) is 21.6. The van der Waals surface area contributed by atoms with Crippen LogP contribution in [-0.2, 0) is 6.54 Å². The van der Waals surface area contributed by atoms with Crippen molar-refractivity contribution in [1.29, 1.82) is 0 Å². The van der Waals surface area contributed by atoms with Crippen LogP contribution in [-0.4, -0.2) is 45.4 Å². The number of fused-ring (bicyclic) bond motifs is 1. The molecule has 2 heterocycles. The summed E-state index contributed by atoms with van der Waals surface area (Å²) in [6.45, 7) is 6.18. The molecule has 2 unspecified atom stereocenters. The number of para-hydroxylation sites is 2. The number of hydrogen-bond donors (Lipinski definition) is 1. The van der Waals surface area contributed by atoms with E-state index in [1.807, 2.05) is 28.2 Å². The second-order valence-electron chi connectivity index (χ2n) is 9.48. The number of aromatic nitrogens is 2. The molecular formula is C25H39N3O2. The number of hydrogen-bond acceptors (Lipinski definition) is 3. The van der Waals surface area contributed by atoms with Gasteiger partial charge in [-0.25, -0.2) is 4.79 Å². The van der Waals surface area contributed by atoms with E-state index in [-0.39, 0.29) is 18.3 Å². The summed E-state index contributed by atoms with van der Waals surface area (Å²) in [5, 5.41) is 9.78. The summed E-state index contributed by atoms with van der Waals surface area (Å²) in [4.78, 5) is 15.9. The Labute approximate surface area is 180 Å². The Bertz CT molecular complexity index is 863. The summed E-state index contributed by atoms with van der Waals surface area (Å²) in [6, 6.07) is 8.36. The Kier molecular flexibility index (Phi) is 7.32. The lowest BCUT2D eigenvalue weighted by molar-refractivity contribution is 0.0853. The molecule has 1 N–H and O–H groups in total. The van der Waals surface area contributed by atoms with Crippen LogP contribution in [0.25, 0.3) is 11.0 Å². The highest BCUT2D eigenvalue weighted by atomic mass is 16.3. The van der Waals surface area contributed by atoms with Crippen LogP contribution < -0.4 is 5.69 Å². The molecule has 0 bridgehead atoms. The number of aryl methyl sites for hydroxylation is 1. The smallest absolute Gasteiger partial charge is 0.329 e. The standard InChI is InChI=1S/C25H39N3O2/c1-2-27-23-12-8-9-13-24(23)28(25(27)30)22-14-16-26(19-21(22)15-17-29)18-20-10-6-4-3-5-7-11-20/h8-9,12-13,20-22,29H,2-7,10-11,14-19H2,1H3. The number of likely N-dealkylation sites (tertiary alicyclic amines) is 1. The largest absolute Gasteiger partial charge is 0.396 e. The molecule has 0 radical (unpaired) electrons. The average Bonchev–Trinajstić information content (AvgIpc) is 3.01. The summed E-state index contributed by atoms with van der Waals surface area (Å²) in [7, 11) is 0. The van der Waals surface area contributed by atoms with E-state index in [0.29, 0.717) is 12.5 Å².